The van der Waals surface area contributed by atoms with Crippen molar-refractivity contribution in [3.63, 3.8) is 0 Å². The standard InChI is InChI=1S/C24H21ClF3N3OS/c25-17-4-3-14(24(32)31-15-10-18(26)22(28)19(27)11-15)9-20(17)33-16-7-12-1-2-13(8-16)21(12)23-29-5-6-30-23/h3-6,9-13,16,21H,1-2,7-8H2,(H,29,30)(H,31,32)/t12-,13?,16?,21?/m0/s1. The van der Waals surface area contributed by atoms with Crippen LogP contribution in [0.4, 0.5) is 18.9 Å². The third kappa shape index (κ3) is 4.51. The smallest absolute Gasteiger partial charge is 0.255 e. The normalized spacial score (nSPS) is 24.1. The highest BCUT2D eigenvalue weighted by Crippen LogP contribution is 2.54. The predicted octanol–water partition coefficient (Wildman–Crippen LogP) is 6.80. The van der Waals surface area contributed by atoms with Crippen LogP contribution in [0, 0.1) is 29.3 Å². The molecule has 9 heteroatoms. The summed E-state index contributed by atoms with van der Waals surface area (Å²) in [6.07, 6.45) is 8.16. The molecule has 1 amide bonds. The van der Waals surface area contributed by atoms with Gasteiger partial charge >= 0.3 is 0 Å². The van der Waals surface area contributed by atoms with E-state index in [1.165, 1.54) is 12.8 Å². The van der Waals surface area contributed by atoms with Crippen molar-refractivity contribution in [2.24, 2.45) is 11.8 Å². The van der Waals surface area contributed by atoms with Crippen LogP contribution in [0.15, 0.2) is 47.6 Å². The van der Waals surface area contributed by atoms with E-state index in [1.807, 2.05) is 6.20 Å². The topological polar surface area (TPSA) is 57.8 Å². The van der Waals surface area contributed by atoms with Gasteiger partial charge in [-0.2, -0.15) is 0 Å². The van der Waals surface area contributed by atoms with E-state index in [-0.39, 0.29) is 5.69 Å². The second-order valence-corrected chi connectivity index (χ2v) is 10.4. The summed E-state index contributed by atoms with van der Waals surface area (Å²) in [6, 6.07) is 6.38. The van der Waals surface area contributed by atoms with Gasteiger partial charge in [0.15, 0.2) is 17.5 Å². The maximum absolute atomic E-state index is 13.5. The number of carbonyl (C=O) groups excluding carboxylic acids is 1. The molecule has 2 bridgehead atoms. The largest absolute Gasteiger partial charge is 0.348 e. The Kier molecular flexibility index (Phi) is 6.14. The number of hydrogen-bond donors (Lipinski definition) is 2. The number of imidazole rings is 1. The lowest BCUT2D eigenvalue weighted by atomic mass is 9.78. The quantitative estimate of drug-likeness (QED) is 0.386. The maximum Gasteiger partial charge on any atom is 0.255 e. The fourth-order valence-electron chi connectivity index (χ4n) is 5.22. The third-order valence-electron chi connectivity index (χ3n) is 6.62. The maximum atomic E-state index is 13.5. The number of nitrogens with one attached hydrogen (secondary N) is 2. The van der Waals surface area contributed by atoms with E-state index in [1.54, 1.807) is 36.2 Å². The lowest BCUT2D eigenvalue weighted by Gasteiger charge is -2.34. The number of aromatic amines is 1. The molecule has 1 heterocycles. The highest BCUT2D eigenvalue weighted by Gasteiger charge is 2.44. The molecule has 0 saturated heterocycles. The number of rotatable bonds is 5. The highest BCUT2D eigenvalue weighted by atomic mass is 35.5. The molecule has 33 heavy (non-hydrogen) atoms. The molecule has 4 atom stereocenters. The van der Waals surface area contributed by atoms with E-state index < -0.39 is 23.4 Å². The number of amides is 1. The van der Waals surface area contributed by atoms with Crippen LogP contribution in [0.1, 0.15) is 47.8 Å². The second kappa shape index (κ2) is 9.06. The van der Waals surface area contributed by atoms with Crippen molar-refractivity contribution in [3.05, 3.63) is 76.6 Å². The van der Waals surface area contributed by atoms with Crippen molar-refractivity contribution >= 4 is 35.0 Å². The lowest BCUT2D eigenvalue weighted by Crippen LogP contribution is -2.26. The molecular weight excluding hydrogens is 471 g/mol. The number of aromatic nitrogens is 2. The van der Waals surface area contributed by atoms with Gasteiger partial charge in [-0.3, -0.25) is 4.79 Å². The van der Waals surface area contributed by atoms with Gasteiger partial charge in [-0.1, -0.05) is 11.6 Å². The Labute approximate surface area is 198 Å². The van der Waals surface area contributed by atoms with Gasteiger partial charge < -0.3 is 10.3 Å². The van der Waals surface area contributed by atoms with Crippen LogP contribution >= 0.6 is 23.4 Å². The molecule has 5 rings (SSSR count). The van der Waals surface area contributed by atoms with E-state index in [0.29, 0.717) is 33.6 Å². The third-order valence-corrected chi connectivity index (χ3v) is 8.37. The number of H-pyrrole nitrogens is 1. The van der Waals surface area contributed by atoms with Crippen LogP contribution in [-0.2, 0) is 0 Å². The number of carbonyl (C=O) groups is 1. The molecular formula is C24H21ClF3N3OS. The minimum Gasteiger partial charge on any atom is -0.348 e. The van der Waals surface area contributed by atoms with Gasteiger partial charge in [0, 0.05) is 51.8 Å². The van der Waals surface area contributed by atoms with E-state index in [9.17, 15) is 18.0 Å². The molecule has 1 aromatic heterocycles. The Balaban J connectivity index is 1.29. The summed E-state index contributed by atoms with van der Waals surface area (Å²) in [4.78, 5) is 21.2. The predicted molar refractivity (Wildman–Crippen MR) is 122 cm³/mol. The minimum atomic E-state index is -1.58. The number of anilines is 1. The Bertz CT molecular complexity index is 1150. The average Bonchev–Trinajstić information content (AvgIpc) is 3.39. The Hall–Kier alpha value is -2.45. The number of fused-ring (bicyclic) bond motifs is 2. The molecule has 2 aliphatic rings. The van der Waals surface area contributed by atoms with Crippen molar-refractivity contribution in [2.45, 2.75) is 41.7 Å². The van der Waals surface area contributed by atoms with Gasteiger partial charge in [0.1, 0.15) is 5.82 Å². The molecule has 2 aromatic carbocycles. The molecule has 3 aromatic rings. The van der Waals surface area contributed by atoms with Crippen molar-refractivity contribution in [1.82, 2.24) is 9.97 Å². The zero-order valence-electron chi connectivity index (χ0n) is 17.5. The van der Waals surface area contributed by atoms with Crippen LogP contribution in [-0.4, -0.2) is 21.1 Å². The fourth-order valence-corrected chi connectivity index (χ4v) is 6.89. The fraction of sp³-hybridized carbons (Fsp3) is 0.333. The summed E-state index contributed by atoms with van der Waals surface area (Å²) in [6.45, 7) is 0. The van der Waals surface area contributed by atoms with Crippen molar-refractivity contribution in [2.75, 3.05) is 5.32 Å². The molecule has 2 fully saturated rings. The first-order valence-corrected chi connectivity index (χ1v) is 12.1. The van der Waals surface area contributed by atoms with Crippen LogP contribution in [0.3, 0.4) is 0 Å². The number of nitrogens with zero attached hydrogens (tertiary/aromatic N) is 1. The summed E-state index contributed by atoms with van der Waals surface area (Å²) in [5.74, 6) is -2.16. The van der Waals surface area contributed by atoms with Crippen molar-refractivity contribution in [3.8, 4) is 0 Å². The monoisotopic (exact) mass is 491 g/mol. The van der Waals surface area contributed by atoms with Crippen LogP contribution in [0.5, 0.6) is 0 Å². The van der Waals surface area contributed by atoms with Crippen LogP contribution in [0.2, 0.25) is 5.02 Å². The first kappa shape index (κ1) is 22.3. The lowest BCUT2D eigenvalue weighted by molar-refractivity contribution is 0.102. The van der Waals surface area contributed by atoms with E-state index in [0.717, 1.165) is 35.7 Å². The van der Waals surface area contributed by atoms with Gasteiger partial charge in [-0.25, -0.2) is 18.2 Å². The zero-order valence-corrected chi connectivity index (χ0v) is 19.0. The Morgan fingerprint density at radius 2 is 1.79 bits per heavy atom. The molecule has 0 aliphatic heterocycles. The summed E-state index contributed by atoms with van der Waals surface area (Å²) >= 11 is 8.10. The first-order valence-electron chi connectivity index (χ1n) is 10.8. The highest BCUT2D eigenvalue weighted by molar-refractivity contribution is 8.00. The number of hydrogen-bond acceptors (Lipinski definition) is 3. The van der Waals surface area contributed by atoms with Gasteiger partial charge in [0.25, 0.3) is 5.91 Å². The molecule has 2 N–H and O–H groups in total. The molecule has 172 valence electrons. The summed E-state index contributed by atoms with van der Waals surface area (Å²) in [7, 11) is 0. The van der Waals surface area contributed by atoms with E-state index in [4.69, 9.17) is 11.6 Å². The molecule has 0 radical (unpaired) electrons. The molecule has 2 aliphatic carbocycles. The molecule has 4 nitrogen and oxygen atoms in total. The Morgan fingerprint density at radius 3 is 2.42 bits per heavy atom. The van der Waals surface area contributed by atoms with Gasteiger partial charge in [-0.05, 0) is 55.7 Å². The van der Waals surface area contributed by atoms with Crippen LogP contribution in [0.25, 0.3) is 0 Å². The average molecular weight is 492 g/mol. The number of benzene rings is 2. The molecule has 3 unspecified atom stereocenters. The second-order valence-electron chi connectivity index (χ2n) is 8.66. The number of thioether (sulfide) groups is 1. The van der Waals surface area contributed by atoms with Gasteiger partial charge in [0.05, 0.1) is 5.02 Å². The number of halogens is 4. The zero-order chi connectivity index (χ0) is 23.1. The van der Waals surface area contributed by atoms with Crippen LogP contribution < -0.4 is 5.32 Å². The summed E-state index contributed by atoms with van der Waals surface area (Å²) in [5.41, 5.74) is 0.146. The van der Waals surface area contributed by atoms with E-state index in [2.05, 4.69) is 15.3 Å². The molecule has 0 spiro atoms. The van der Waals surface area contributed by atoms with Gasteiger partial charge in [0.2, 0.25) is 0 Å². The molecule has 2 saturated carbocycles. The van der Waals surface area contributed by atoms with E-state index >= 15 is 0 Å². The first-order chi connectivity index (χ1) is 15.9. The minimum absolute atomic E-state index is 0.159. The SMILES string of the molecule is O=C(Nc1cc(F)c(F)c(F)c1)c1ccc(Cl)c(SC2CC3CC[C@@H](C2)C3c2ncc[nH]2)c1. The Morgan fingerprint density at radius 1 is 1.09 bits per heavy atom. The van der Waals surface area contributed by atoms with Gasteiger partial charge in [-0.15, -0.1) is 11.8 Å². The summed E-state index contributed by atoms with van der Waals surface area (Å²) in [5, 5.41) is 3.35. The summed E-state index contributed by atoms with van der Waals surface area (Å²) < 4.78 is 40.1. The van der Waals surface area contributed by atoms with Crippen molar-refractivity contribution < 1.29 is 18.0 Å². The van der Waals surface area contributed by atoms with Crippen molar-refractivity contribution in [1.29, 1.82) is 0 Å².